The van der Waals surface area contributed by atoms with E-state index >= 15 is 0 Å². The number of hydrogen-bond acceptors (Lipinski definition) is 0. The molecule has 21 heavy (non-hydrogen) atoms. The second-order valence-corrected chi connectivity index (χ2v) is 6.98. The van der Waals surface area contributed by atoms with Gasteiger partial charge in [-0.05, 0) is 41.8 Å². The van der Waals surface area contributed by atoms with Gasteiger partial charge in [-0.3, -0.25) is 0 Å². The average molecular weight is 443 g/mol. The average Bonchev–Trinajstić information content (AvgIpc) is 2.40. The summed E-state index contributed by atoms with van der Waals surface area (Å²) in [6.45, 7) is 0. The van der Waals surface area contributed by atoms with Crippen LogP contribution in [0.1, 0.15) is 21.5 Å². The maximum absolute atomic E-state index is 13.1. The predicted molar refractivity (Wildman–Crippen MR) is 86.0 cm³/mol. The first kappa shape index (κ1) is 16.8. The van der Waals surface area contributed by atoms with Gasteiger partial charge in [0.15, 0.2) is 0 Å². The third-order valence-electron chi connectivity index (χ3n) is 2.99. The Bertz CT molecular complexity index is 624. The summed E-state index contributed by atoms with van der Waals surface area (Å²) in [5, 5.41) is 0.601. The largest absolute Gasteiger partial charge is 0.416 e. The summed E-state index contributed by atoms with van der Waals surface area (Å²) in [4.78, 5) is -0.427. The lowest BCUT2D eigenvalue weighted by Crippen LogP contribution is -2.11. The van der Waals surface area contributed by atoms with Gasteiger partial charge in [0.2, 0.25) is 0 Å². The lowest BCUT2D eigenvalue weighted by Gasteiger charge is -2.18. The van der Waals surface area contributed by atoms with Gasteiger partial charge in [-0.2, -0.15) is 13.2 Å². The van der Waals surface area contributed by atoms with Crippen LogP contribution in [0.3, 0.4) is 0 Å². The van der Waals surface area contributed by atoms with E-state index < -0.39 is 16.6 Å². The van der Waals surface area contributed by atoms with E-state index in [1.165, 1.54) is 6.07 Å². The number of benzene rings is 2. The smallest absolute Gasteiger partial charge is 0.166 e. The molecule has 0 fully saturated rings. The minimum absolute atomic E-state index is 0.223. The van der Waals surface area contributed by atoms with Crippen LogP contribution in [0, 0.1) is 0 Å². The fraction of sp³-hybridized carbons (Fsp3) is 0.200. The fourth-order valence-electron chi connectivity index (χ4n) is 1.98. The minimum Gasteiger partial charge on any atom is -0.166 e. The standard InChI is InChI=1S/C15H10Br2ClF3/c16-10-3-6-12(13(8-10)15(19,20)21)14(17)7-9-1-4-11(18)5-2-9/h1-6,8,14H,7H2. The molecule has 2 aromatic rings. The zero-order valence-corrected chi connectivity index (χ0v) is 14.5. The van der Waals surface area contributed by atoms with Gasteiger partial charge in [0.1, 0.15) is 0 Å². The molecule has 0 bridgehead atoms. The first-order valence-electron chi connectivity index (χ1n) is 6.02. The molecular weight excluding hydrogens is 432 g/mol. The molecular formula is C15H10Br2ClF3. The van der Waals surface area contributed by atoms with Gasteiger partial charge < -0.3 is 0 Å². The maximum atomic E-state index is 13.1. The van der Waals surface area contributed by atoms with Crippen molar-refractivity contribution in [2.24, 2.45) is 0 Å². The predicted octanol–water partition coefficient (Wildman–Crippen LogP) is 6.80. The van der Waals surface area contributed by atoms with Crippen molar-refractivity contribution in [2.45, 2.75) is 17.4 Å². The SMILES string of the molecule is FC(F)(F)c1cc(Br)ccc1C(Br)Cc1ccc(Cl)cc1. The van der Waals surface area contributed by atoms with Gasteiger partial charge in [0, 0.05) is 14.3 Å². The fourth-order valence-corrected chi connectivity index (χ4v) is 3.24. The topological polar surface area (TPSA) is 0 Å². The van der Waals surface area contributed by atoms with Crippen molar-refractivity contribution < 1.29 is 13.2 Å². The second-order valence-electron chi connectivity index (χ2n) is 4.53. The van der Waals surface area contributed by atoms with Gasteiger partial charge in [-0.15, -0.1) is 0 Å². The lowest BCUT2D eigenvalue weighted by molar-refractivity contribution is -0.138. The van der Waals surface area contributed by atoms with Crippen molar-refractivity contribution in [3.63, 3.8) is 0 Å². The molecule has 2 aromatic carbocycles. The van der Waals surface area contributed by atoms with Crippen molar-refractivity contribution in [1.29, 1.82) is 0 Å². The highest BCUT2D eigenvalue weighted by Crippen LogP contribution is 2.40. The number of alkyl halides is 4. The third kappa shape index (κ3) is 4.47. The van der Waals surface area contributed by atoms with E-state index in [0.29, 0.717) is 15.9 Å². The molecule has 112 valence electrons. The molecule has 0 amide bonds. The Morgan fingerprint density at radius 3 is 2.24 bits per heavy atom. The van der Waals surface area contributed by atoms with Crippen molar-refractivity contribution in [3.05, 3.63) is 68.7 Å². The van der Waals surface area contributed by atoms with Gasteiger partial charge in [0.25, 0.3) is 0 Å². The van der Waals surface area contributed by atoms with E-state index in [-0.39, 0.29) is 5.56 Å². The summed E-state index contributed by atoms with van der Waals surface area (Å²) in [5.41, 5.74) is 0.505. The first-order valence-corrected chi connectivity index (χ1v) is 8.11. The molecule has 0 heterocycles. The van der Waals surface area contributed by atoms with Crippen LogP contribution in [-0.4, -0.2) is 0 Å². The van der Waals surface area contributed by atoms with Crippen LogP contribution in [0.25, 0.3) is 0 Å². The quantitative estimate of drug-likeness (QED) is 0.459. The summed E-state index contributed by atoms with van der Waals surface area (Å²) in [7, 11) is 0. The number of rotatable bonds is 3. The monoisotopic (exact) mass is 440 g/mol. The highest BCUT2D eigenvalue weighted by Gasteiger charge is 2.35. The Kier molecular flexibility index (Phi) is 5.38. The Morgan fingerprint density at radius 2 is 1.67 bits per heavy atom. The van der Waals surface area contributed by atoms with Gasteiger partial charge in [0.05, 0.1) is 5.56 Å². The van der Waals surface area contributed by atoms with Crippen molar-refractivity contribution in [3.8, 4) is 0 Å². The second kappa shape index (κ2) is 6.71. The summed E-state index contributed by atoms with van der Waals surface area (Å²) in [6.07, 6.45) is -3.94. The first-order chi connectivity index (χ1) is 9.77. The molecule has 0 spiro atoms. The Morgan fingerprint density at radius 1 is 1.05 bits per heavy atom. The van der Waals surface area contributed by atoms with Crippen LogP contribution in [0.15, 0.2) is 46.9 Å². The van der Waals surface area contributed by atoms with Crippen molar-refractivity contribution in [1.82, 2.24) is 0 Å². The number of hydrogen-bond donors (Lipinski definition) is 0. The van der Waals surface area contributed by atoms with Crippen LogP contribution in [0.2, 0.25) is 5.02 Å². The Hall–Kier alpha value is -0.520. The molecule has 0 aliphatic rings. The molecule has 0 radical (unpaired) electrons. The number of halogens is 6. The van der Waals surface area contributed by atoms with Gasteiger partial charge in [-0.25, -0.2) is 0 Å². The van der Waals surface area contributed by atoms with Gasteiger partial charge in [-0.1, -0.05) is 61.7 Å². The molecule has 0 aromatic heterocycles. The highest BCUT2D eigenvalue weighted by molar-refractivity contribution is 9.10. The van der Waals surface area contributed by atoms with E-state index in [4.69, 9.17) is 11.6 Å². The lowest BCUT2D eigenvalue weighted by atomic mass is 9.99. The Labute approximate surface area is 142 Å². The maximum Gasteiger partial charge on any atom is 0.416 e. The molecule has 0 saturated carbocycles. The van der Waals surface area contributed by atoms with E-state index in [0.717, 1.165) is 11.6 Å². The van der Waals surface area contributed by atoms with Crippen LogP contribution >= 0.6 is 43.5 Å². The molecule has 0 aliphatic carbocycles. The molecule has 6 heteroatoms. The zero-order valence-electron chi connectivity index (χ0n) is 10.6. The minimum atomic E-state index is -4.38. The molecule has 1 unspecified atom stereocenters. The zero-order chi connectivity index (χ0) is 15.6. The molecule has 0 aliphatic heterocycles. The van der Waals surface area contributed by atoms with Crippen molar-refractivity contribution >= 4 is 43.5 Å². The summed E-state index contributed by atoms with van der Waals surface area (Å²) >= 11 is 12.2. The van der Waals surface area contributed by atoms with Crippen molar-refractivity contribution in [2.75, 3.05) is 0 Å². The van der Waals surface area contributed by atoms with Gasteiger partial charge >= 0.3 is 6.18 Å². The van der Waals surface area contributed by atoms with E-state index in [2.05, 4.69) is 31.9 Å². The molecule has 0 N–H and O–H groups in total. The van der Waals surface area contributed by atoms with E-state index in [1.807, 2.05) is 12.1 Å². The third-order valence-corrected chi connectivity index (χ3v) is 4.55. The summed E-state index contributed by atoms with van der Waals surface area (Å²) < 4.78 is 39.8. The summed E-state index contributed by atoms with van der Waals surface area (Å²) in [6, 6.07) is 11.3. The van der Waals surface area contributed by atoms with E-state index in [1.54, 1.807) is 18.2 Å². The van der Waals surface area contributed by atoms with Crippen LogP contribution in [-0.2, 0) is 12.6 Å². The van der Waals surface area contributed by atoms with Crippen LogP contribution in [0.5, 0.6) is 0 Å². The molecule has 0 saturated heterocycles. The molecule has 1 atom stereocenters. The highest BCUT2D eigenvalue weighted by atomic mass is 79.9. The van der Waals surface area contributed by atoms with Crippen LogP contribution in [0.4, 0.5) is 13.2 Å². The molecule has 0 nitrogen and oxygen atoms in total. The Balaban J connectivity index is 2.30. The normalized spacial score (nSPS) is 13.2. The molecule has 2 rings (SSSR count). The summed E-state index contributed by atoms with van der Waals surface area (Å²) in [5.74, 6) is 0. The van der Waals surface area contributed by atoms with E-state index in [9.17, 15) is 13.2 Å². The van der Waals surface area contributed by atoms with Crippen LogP contribution < -0.4 is 0 Å².